The van der Waals surface area contributed by atoms with Crippen LogP contribution in [0.25, 0.3) is 10.8 Å². The average Bonchev–Trinajstić information content (AvgIpc) is 2.75. The molecule has 0 saturated heterocycles. The number of rotatable bonds is 4. The molecule has 1 amide bonds. The molecule has 1 N–H and O–H groups in total. The molecule has 28 heavy (non-hydrogen) atoms. The highest BCUT2D eigenvalue weighted by atomic mass is 16.2. The number of aromatic nitrogens is 2. The first kappa shape index (κ1) is 18.1. The molecule has 0 spiro atoms. The first-order valence-corrected chi connectivity index (χ1v) is 9.62. The van der Waals surface area contributed by atoms with Crippen LogP contribution in [0.3, 0.4) is 0 Å². The molecule has 0 radical (unpaired) electrons. The van der Waals surface area contributed by atoms with Crippen molar-refractivity contribution in [1.29, 1.82) is 0 Å². The second-order valence-electron chi connectivity index (χ2n) is 7.02. The Hall–Kier alpha value is -3.28. The standard InChI is InChI=1S/C22H22N4O2/c27-21(24-23-17-11-5-2-6-12-17)20-18-13-7-8-14-19(18)22(28)26(25-20)15-16-9-3-1-4-10-16/h1,3-4,7-10,13-14H,2,5-6,11-12,15H2,(H,24,27). The van der Waals surface area contributed by atoms with Crippen molar-refractivity contribution in [3.63, 3.8) is 0 Å². The van der Waals surface area contributed by atoms with E-state index in [-0.39, 0.29) is 11.3 Å². The Balaban J connectivity index is 1.71. The van der Waals surface area contributed by atoms with E-state index in [2.05, 4.69) is 15.6 Å². The highest BCUT2D eigenvalue weighted by molar-refractivity contribution is 6.05. The molecule has 142 valence electrons. The summed E-state index contributed by atoms with van der Waals surface area (Å²) < 4.78 is 1.35. The summed E-state index contributed by atoms with van der Waals surface area (Å²) in [6.07, 6.45) is 5.27. The van der Waals surface area contributed by atoms with Crippen LogP contribution < -0.4 is 11.0 Å². The van der Waals surface area contributed by atoms with Gasteiger partial charge in [0.1, 0.15) is 0 Å². The van der Waals surface area contributed by atoms with Gasteiger partial charge in [0.15, 0.2) is 5.69 Å². The van der Waals surface area contributed by atoms with E-state index in [0.29, 0.717) is 17.3 Å². The van der Waals surface area contributed by atoms with E-state index in [9.17, 15) is 9.59 Å². The Morgan fingerprint density at radius 3 is 2.39 bits per heavy atom. The molecule has 0 aliphatic heterocycles. The second kappa shape index (κ2) is 8.17. The number of hydrogen-bond acceptors (Lipinski definition) is 4. The topological polar surface area (TPSA) is 76.3 Å². The van der Waals surface area contributed by atoms with Gasteiger partial charge in [-0.2, -0.15) is 10.2 Å². The molecule has 1 heterocycles. The van der Waals surface area contributed by atoms with E-state index in [1.54, 1.807) is 24.3 Å². The summed E-state index contributed by atoms with van der Waals surface area (Å²) in [4.78, 5) is 25.7. The van der Waals surface area contributed by atoms with Crippen LogP contribution in [0.2, 0.25) is 0 Å². The van der Waals surface area contributed by atoms with Crippen LogP contribution in [-0.4, -0.2) is 21.4 Å². The van der Waals surface area contributed by atoms with Gasteiger partial charge in [0.25, 0.3) is 11.5 Å². The third-order valence-corrected chi connectivity index (χ3v) is 5.00. The fourth-order valence-corrected chi connectivity index (χ4v) is 3.52. The largest absolute Gasteiger partial charge is 0.292 e. The molecule has 2 aromatic carbocycles. The van der Waals surface area contributed by atoms with Crippen molar-refractivity contribution in [2.24, 2.45) is 5.10 Å². The highest BCUT2D eigenvalue weighted by Gasteiger charge is 2.17. The Morgan fingerprint density at radius 2 is 1.64 bits per heavy atom. The predicted molar refractivity (Wildman–Crippen MR) is 110 cm³/mol. The van der Waals surface area contributed by atoms with Crippen LogP contribution in [0.1, 0.15) is 48.2 Å². The predicted octanol–water partition coefficient (Wildman–Crippen LogP) is 3.49. The fourth-order valence-electron chi connectivity index (χ4n) is 3.52. The van der Waals surface area contributed by atoms with Gasteiger partial charge >= 0.3 is 0 Å². The minimum atomic E-state index is -0.393. The normalized spacial score (nSPS) is 14.1. The lowest BCUT2D eigenvalue weighted by atomic mass is 9.99. The molecule has 1 aliphatic rings. The van der Waals surface area contributed by atoms with E-state index in [1.807, 2.05) is 30.3 Å². The molecule has 0 atom stereocenters. The Bertz CT molecular complexity index is 1080. The van der Waals surface area contributed by atoms with Crippen molar-refractivity contribution >= 4 is 22.4 Å². The van der Waals surface area contributed by atoms with Crippen molar-refractivity contribution in [2.75, 3.05) is 0 Å². The molecular weight excluding hydrogens is 352 g/mol. The van der Waals surface area contributed by atoms with E-state index < -0.39 is 5.91 Å². The summed E-state index contributed by atoms with van der Waals surface area (Å²) in [5, 5.41) is 9.69. The van der Waals surface area contributed by atoms with Gasteiger partial charge in [-0.15, -0.1) is 0 Å². The van der Waals surface area contributed by atoms with Crippen molar-refractivity contribution < 1.29 is 4.79 Å². The lowest BCUT2D eigenvalue weighted by Gasteiger charge is -2.13. The van der Waals surface area contributed by atoms with Gasteiger partial charge in [-0.25, -0.2) is 10.1 Å². The van der Waals surface area contributed by atoms with Gasteiger partial charge < -0.3 is 0 Å². The number of amides is 1. The van der Waals surface area contributed by atoms with Crippen molar-refractivity contribution in [1.82, 2.24) is 15.2 Å². The van der Waals surface area contributed by atoms with Crippen LogP contribution in [0, 0.1) is 0 Å². The molecule has 6 heteroatoms. The number of hydrazone groups is 1. The van der Waals surface area contributed by atoms with Crippen LogP contribution in [0.15, 0.2) is 64.5 Å². The first-order chi connectivity index (χ1) is 13.7. The van der Waals surface area contributed by atoms with Gasteiger partial charge in [0.2, 0.25) is 0 Å². The molecule has 0 bridgehead atoms. The molecule has 1 aromatic heterocycles. The SMILES string of the molecule is O=C(NN=C1CCCCC1)c1nn(Cc2ccccc2)c(=O)c2ccccc12. The van der Waals surface area contributed by atoms with E-state index in [4.69, 9.17) is 0 Å². The number of nitrogens with zero attached hydrogens (tertiary/aromatic N) is 3. The summed E-state index contributed by atoms with van der Waals surface area (Å²) in [6, 6.07) is 16.7. The maximum Gasteiger partial charge on any atom is 0.292 e. The van der Waals surface area contributed by atoms with Crippen molar-refractivity contribution in [2.45, 2.75) is 38.6 Å². The van der Waals surface area contributed by atoms with E-state index in [1.165, 1.54) is 11.1 Å². The average molecular weight is 374 g/mol. The summed E-state index contributed by atoms with van der Waals surface area (Å²) in [7, 11) is 0. The number of carbonyl (C=O) groups excluding carboxylic acids is 1. The third kappa shape index (κ3) is 3.86. The molecular formula is C22H22N4O2. The summed E-state index contributed by atoms with van der Waals surface area (Å²) >= 11 is 0. The molecule has 0 unspecified atom stereocenters. The molecule has 4 rings (SSSR count). The van der Waals surface area contributed by atoms with E-state index in [0.717, 1.165) is 37.0 Å². The Kier molecular flexibility index (Phi) is 5.28. The monoisotopic (exact) mass is 374 g/mol. The maximum atomic E-state index is 12.9. The zero-order valence-corrected chi connectivity index (χ0v) is 15.6. The number of hydrogen-bond donors (Lipinski definition) is 1. The van der Waals surface area contributed by atoms with Crippen molar-refractivity contribution in [3.05, 3.63) is 76.2 Å². The van der Waals surface area contributed by atoms with Crippen LogP contribution in [0.4, 0.5) is 0 Å². The molecule has 3 aromatic rings. The first-order valence-electron chi connectivity index (χ1n) is 9.62. The van der Waals surface area contributed by atoms with E-state index >= 15 is 0 Å². The summed E-state index contributed by atoms with van der Waals surface area (Å²) in [5.41, 5.74) is 4.60. The smallest absolute Gasteiger partial charge is 0.267 e. The summed E-state index contributed by atoms with van der Waals surface area (Å²) in [6.45, 7) is 0.305. The number of benzene rings is 2. The number of carbonyl (C=O) groups is 1. The molecule has 6 nitrogen and oxygen atoms in total. The molecule has 1 aliphatic carbocycles. The Morgan fingerprint density at radius 1 is 0.964 bits per heavy atom. The van der Waals surface area contributed by atoms with Gasteiger partial charge in [0, 0.05) is 11.1 Å². The maximum absolute atomic E-state index is 12.9. The lowest BCUT2D eigenvalue weighted by molar-refractivity contribution is 0.0949. The quantitative estimate of drug-likeness (QED) is 0.710. The van der Waals surface area contributed by atoms with Gasteiger partial charge in [-0.1, -0.05) is 55.0 Å². The highest BCUT2D eigenvalue weighted by Crippen LogP contribution is 2.16. The molecule has 1 fully saturated rings. The van der Waals surface area contributed by atoms with Crippen LogP contribution >= 0.6 is 0 Å². The van der Waals surface area contributed by atoms with Crippen molar-refractivity contribution in [3.8, 4) is 0 Å². The van der Waals surface area contributed by atoms with Crippen LogP contribution in [0.5, 0.6) is 0 Å². The third-order valence-electron chi connectivity index (χ3n) is 5.00. The Labute approximate surface area is 162 Å². The number of fused-ring (bicyclic) bond motifs is 1. The van der Waals surface area contributed by atoms with Gasteiger partial charge in [-0.3, -0.25) is 9.59 Å². The zero-order chi connectivity index (χ0) is 19.3. The fraction of sp³-hybridized carbons (Fsp3) is 0.273. The number of nitrogens with one attached hydrogen (secondary N) is 1. The second-order valence-corrected chi connectivity index (χ2v) is 7.02. The van der Waals surface area contributed by atoms with Gasteiger partial charge in [0.05, 0.1) is 11.9 Å². The van der Waals surface area contributed by atoms with Crippen LogP contribution in [-0.2, 0) is 6.54 Å². The molecule has 1 saturated carbocycles. The summed E-state index contributed by atoms with van der Waals surface area (Å²) in [5.74, 6) is -0.393. The zero-order valence-electron chi connectivity index (χ0n) is 15.6. The minimum Gasteiger partial charge on any atom is -0.267 e. The minimum absolute atomic E-state index is 0.213. The van der Waals surface area contributed by atoms with Gasteiger partial charge in [-0.05, 0) is 37.3 Å². The lowest BCUT2D eigenvalue weighted by Crippen LogP contribution is -2.29.